The van der Waals surface area contributed by atoms with Crippen molar-refractivity contribution in [1.82, 2.24) is 4.90 Å². The molecule has 1 fully saturated rings. The van der Waals surface area contributed by atoms with E-state index in [1.54, 1.807) is 6.07 Å². The summed E-state index contributed by atoms with van der Waals surface area (Å²) in [4.78, 5) is 15.3. The second-order valence-corrected chi connectivity index (χ2v) is 8.89. The van der Waals surface area contributed by atoms with Crippen molar-refractivity contribution in [2.24, 2.45) is 0 Å². The Bertz CT molecular complexity index is 1090. The highest BCUT2D eigenvalue weighted by Gasteiger charge is 2.66. The molecule has 3 aliphatic heterocycles. The molecule has 0 bridgehead atoms. The first-order chi connectivity index (χ1) is 14.1. The number of carbonyl (C=O) groups excluding carboxylic acids is 1. The third-order valence-corrected chi connectivity index (χ3v) is 7.01. The van der Waals surface area contributed by atoms with E-state index in [4.69, 9.17) is 27.9 Å². The van der Waals surface area contributed by atoms with E-state index < -0.39 is 29.8 Å². The van der Waals surface area contributed by atoms with Crippen LogP contribution in [0.3, 0.4) is 0 Å². The van der Waals surface area contributed by atoms with Crippen LogP contribution in [0.2, 0.25) is 10.0 Å². The van der Waals surface area contributed by atoms with Crippen LogP contribution in [-0.2, 0) is 10.2 Å². The normalized spacial score (nSPS) is 26.6. The Morgan fingerprint density at radius 2 is 2.00 bits per heavy atom. The molecular formula is C21H17Cl2F3N2O2. The molecule has 0 saturated carbocycles. The number of rotatable bonds is 0. The summed E-state index contributed by atoms with van der Waals surface area (Å²) in [6.07, 6.45) is -5.26. The monoisotopic (exact) mass is 456 g/mol. The Hall–Kier alpha value is -2.12. The molecule has 0 unspecified atom stereocenters. The lowest BCUT2D eigenvalue weighted by molar-refractivity contribution is -0.187. The van der Waals surface area contributed by atoms with Gasteiger partial charge in [0.25, 0.3) is 0 Å². The first-order valence-corrected chi connectivity index (χ1v) is 10.2. The summed E-state index contributed by atoms with van der Waals surface area (Å²) < 4.78 is 46.8. The van der Waals surface area contributed by atoms with E-state index in [-0.39, 0.29) is 22.3 Å². The van der Waals surface area contributed by atoms with Crippen LogP contribution < -0.4 is 9.64 Å². The maximum atomic E-state index is 13.5. The molecule has 2 aromatic carbocycles. The first kappa shape index (κ1) is 19.8. The summed E-state index contributed by atoms with van der Waals surface area (Å²) in [5.41, 5.74) is 2.30. The SMILES string of the molecule is Cc1cccc2c1N(C)[C@H]1Oc3c(Cl)cc(Cl)cc3[C@@H]3N(C(=O)C(F)(F)F)CC[C@@]231. The zero-order valence-electron chi connectivity index (χ0n) is 16.1. The van der Waals surface area contributed by atoms with E-state index in [9.17, 15) is 18.0 Å². The molecule has 158 valence electrons. The summed E-state index contributed by atoms with van der Waals surface area (Å²) >= 11 is 12.6. The Kier molecular flexibility index (Phi) is 4.10. The molecule has 1 spiro atoms. The third-order valence-electron chi connectivity index (χ3n) is 6.51. The highest BCUT2D eigenvalue weighted by Crippen LogP contribution is 2.64. The van der Waals surface area contributed by atoms with E-state index in [0.29, 0.717) is 12.0 Å². The highest BCUT2D eigenvalue weighted by atomic mass is 35.5. The number of fused-ring (bicyclic) bond motifs is 3. The topological polar surface area (TPSA) is 32.8 Å². The number of hydrogen-bond donors (Lipinski definition) is 0. The molecule has 0 aromatic heterocycles. The van der Waals surface area contributed by atoms with Crippen LogP contribution in [0, 0.1) is 6.92 Å². The van der Waals surface area contributed by atoms with Gasteiger partial charge < -0.3 is 14.5 Å². The Morgan fingerprint density at radius 1 is 1.27 bits per heavy atom. The van der Waals surface area contributed by atoms with Gasteiger partial charge in [0.15, 0.2) is 6.23 Å². The van der Waals surface area contributed by atoms with Crippen molar-refractivity contribution in [2.75, 3.05) is 18.5 Å². The molecular weight excluding hydrogens is 440 g/mol. The maximum Gasteiger partial charge on any atom is 0.471 e. The number of likely N-dealkylation sites (N-methyl/N-ethyl adjacent to an activating group) is 1. The van der Waals surface area contributed by atoms with E-state index in [2.05, 4.69) is 0 Å². The van der Waals surface area contributed by atoms with Crippen LogP contribution in [0.1, 0.15) is 29.2 Å². The van der Waals surface area contributed by atoms with Gasteiger partial charge in [0, 0.05) is 29.9 Å². The van der Waals surface area contributed by atoms with Gasteiger partial charge in [-0.2, -0.15) is 13.2 Å². The van der Waals surface area contributed by atoms with E-state index in [1.807, 2.05) is 37.1 Å². The fourth-order valence-corrected chi connectivity index (χ4v) is 6.07. The van der Waals surface area contributed by atoms with Crippen molar-refractivity contribution in [3.63, 3.8) is 0 Å². The molecule has 0 N–H and O–H groups in total. The van der Waals surface area contributed by atoms with E-state index in [0.717, 1.165) is 21.7 Å². The van der Waals surface area contributed by atoms with Crippen LogP contribution in [-0.4, -0.2) is 36.8 Å². The lowest BCUT2D eigenvalue weighted by Crippen LogP contribution is -2.54. The quantitative estimate of drug-likeness (QED) is 0.543. The van der Waals surface area contributed by atoms with Crippen molar-refractivity contribution in [3.8, 4) is 5.75 Å². The minimum Gasteiger partial charge on any atom is -0.468 e. The fourth-order valence-electron chi connectivity index (χ4n) is 5.52. The van der Waals surface area contributed by atoms with E-state index >= 15 is 0 Å². The van der Waals surface area contributed by atoms with Crippen LogP contribution in [0.5, 0.6) is 5.75 Å². The number of likely N-dealkylation sites (tertiary alicyclic amines) is 1. The number of amides is 1. The Balaban J connectivity index is 1.81. The lowest BCUT2D eigenvalue weighted by atomic mass is 9.70. The van der Waals surface area contributed by atoms with Crippen LogP contribution in [0.4, 0.5) is 18.9 Å². The molecule has 0 radical (unpaired) electrons. The summed E-state index contributed by atoms with van der Waals surface area (Å²) in [6.45, 7) is 1.90. The minimum atomic E-state index is -4.98. The van der Waals surface area contributed by atoms with Crippen LogP contribution >= 0.6 is 23.2 Å². The molecule has 3 heterocycles. The van der Waals surface area contributed by atoms with Crippen molar-refractivity contribution >= 4 is 34.8 Å². The van der Waals surface area contributed by atoms with Gasteiger partial charge in [-0.05, 0) is 36.6 Å². The summed E-state index contributed by atoms with van der Waals surface area (Å²) in [5, 5.41) is 0.483. The molecule has 0 aliphatic carbocycles. The second kappa shape index (κ2) is 6.20. The number of benzene rings is 2. The van der Waals surface area contributed by atoms with Gasteiger partial charge in [0.2, 0.25) is 0 Å². The van der Waals surface area contributed by atoms with Gasteiger partial charge in [-0.15, -0.1) is 0 Å². The fraction of sp³-hybridized carbons (Fsp3) is 0.381. The van der Waals surface area contributed by atoms with E-state index in [1.165, 1.54) is 6.07 Å². The standard InChI is InChI=1S/C21H17Cl2F3N2O2/c1-10-4-3-5-13-15(10)27(2)19-20(13)6-7-28(18(29)21(24,25)26)17(20)12-8-11(22)9-14(23)16(12)30-19/h3-5,8-9,17,19H,6-7H2,1-2H3/t17-,19-,20+/m0/s1. The van der Waals surface area contributed by atoms with Crippen molar-refractivity contribution in [2.45, 2.75) is 37.2 Å². The smallest absolute Gasteiger partial charge is 0.468 e. The summed E-state index contributed by atoms with van der Waals surface area (Å²) in [7, 11) is 1.85. The highest BCUT2D eigenvalue weighted by molar-refractivity contribution is 6.35. The number of nitrogens with zero attached hydrogens (tertiary/aromatic N) is 2. The molecule has 5 rings (SSSR count). The molecule has 2 aromatic rings. The van der Waals surface area contributed by atoms with Gasteiger partial charge in [-0.1, -0.05) is 41.4 Å². The number of anilines is 1. The van der Waals surface area contributed by atoms with Crippen LogP contribution in [0.25, 0.3) is 0 Å². The zero-order valence-corrected chi connectivity index (χ0v) is 17.6. The molecule has 1 amide bonds. The number of halogens is 5. The Labute approximate surface area is 181 Å². The molecule has 4 nitrogen and oxygen atoms in total. The van der Waals surface area contributed by atoms with Gasteiger partial charge in [-0.25, -0.2) is 0 Å². The van der Waals surface area contributed by atoms with Crippen LogP contribution in [0.15, 0.2) is 30.3 Å². The van der Waals surface area contributed by atoms with Gasteiger partial charge >= 0.3 is 12.1 Å². The Morgan fingerprint density at radius 3 is 2.70 bits per heavy atom. The van der Waals surface area contributed by atoms with Crippen molar-refractivity contribution < 1.29 is 22.7 Å². The maximum absolute atomic E-state index is 13.5. The average Bonchev–Trinajstić information content (AvgIpc) is 3.17. The molecule has 3 atom stereocenters. The largest absolute Gasteiger partial charge is 0.471 e. The molecule has 3 aliphatic rings. The molecule has 9 heteroatoms. The minimum absolute atomic E-state index is 0.0480. The number of carbonyl (C=O) groups is 1. The van der Waals surface area contributed by atoms with Crippen molar-refractivity contribution in [3.05, 3.63) is 57.1 Å². The molecule has 30 heavy (non-hydrogen) atoms. The molecule has 1 saturated heterocycles. The predicted octanol–water partition coefficient (Wildman–Crippen LogP) is 5.24. The lowest BCUT2D eigenvalue weighted by Gasteiger charge is -2.46. The number of hydrogen-bond acceptors (Lipinski definition) is 3. The second-order valence-electron chi connectivity index (χ2n) is 8.05. The number of para-hydroxylation sites is 1. The zero-order chi connectivity index (χ0) is 21.6. The van der Waals surface area contributed by atoms with Gasteiger partial charge in [0.05, 0.1) is 16.5 Å². The summed E-state index contributed by atoms with van der Waals surface area (Å²) in [6, 6.07) is 7.89. The predicted molar refractivity (Wildman–Crippen MR) is 107 cm³/mol. The average molecular weight is 457 g/mol. The number of aryl methyl sites for hydroxylation is 1. The van der Waals surface area contributed by atoms with Crippen molar-refractivity contribution in [1.29, 1.82) is 0 Å². The van der Waals surface area contributed by atoms with Gasteiger partial charge in [0.1, 0.15) is 5.75 Å². The van der Waals surface area contributed by atoms with Gasteiger partial charge in [-0.3, -0.25) is 4.79 Å². The number of ether oxygens (including phenoxy) is 1. The third kappa shape index (κ3) is 2.39. The number of alkyl halides is 3. The first-order valence-electron chi connectivity index (χ1n) is 9.43. The summed E-state index contributed by atoms with van der Waals surface area (Å²) in [5.74, 6) is -1.60.